The molecular formula is C28H27N7O2. The summed E-state index contributed by atoms with van der Waals surface area (Å²) in [5, 5.41) is 8.07. The first-order valence-corrected chi connectivity index (χ1v) is 12.2. The van der Waals surface area contributed by atoms with Gasteiger partial charge in [0, 0.05) is 67.6 Å². The molecule has 0 spiro atoms. The SMILES string of the molecule is Cn1ccc2ccc(-c3cc(Nc4c(C(N)=O)ccnc4CC4COCCN4)cc4nccnc34)cc21. The molecule has 37 heavy (non-hydrogen) atoms. The van der Waals surface area contributed by atoms with Crippen LogP contribution in [0, 0.1) is 0 Å². The van der Waals surface area contributed by atoms with Gasteiger partial charge in [0.15, 0.2) is 0 Å². The summed E-state index contributed by atoms with van der Waals surface area (Å²) < 4.78 is 7.71. The number of benzene rings is 2. The summed E-state index contributed by atoms with van der Waals surface area (Å²) in [6.07, 6.45) is 7.63. The molecule has 1 saturated heterocycles. The van der Waals surface area contributed by atoms with E-state index in [9.17, 15) is 4.79 Å². The number of amides is 1. The third-order valence-corrected chi connectivity index (χ3v) is 6.78. The van der Waals surface area contributed by atoms with E-state index < -0.39 is 5.91 Å². The standard InChI is InChI=1S/C28H27N7O2/c1-35-10-5-17-2-3-18(12-25(17)35)22-13-19(14-23-26(22)33-8-7-32-23)34-27-21(28(29)36)4-6-31-24(27)15-20-16-37-11-9-30-20/h2-8,10,12-14,20,30,34H,9,11,15-16H2,1H3,(H2,29,36). The van der Waals surface area contributed by atoms with Crippen LogP contribution >= 0.6 is 0 Å². The minimum Gasteiger partial charge on any atom is -0.379 e. The van der Waals surface area contributed by atoms with Gasteiger partial charge in [-0.25, -0.2) is 0 Å². The van der Waals surface area contributed by atoms with E-state index in [0.717, 1.165) is 45.6 Å². The summed E-state index contributed by atoms with van der Waals surface area (Å²) in [4.78, 5) is 26.2. The average Bonchev–Trinajstić information content (AvgIpc) is 3.29. The van der Waals surface area contributed by atoms with Crippen LogP contribution in [0.25, 0.3) is 33.1 Å². The fourth-order valence-electron chi connectivity index (χ4n) is 4.93. The third-order valence-electron chi connectivity index (χ3n) is 6.78. The highest BCUT2D eigenvalue weighted by Gasteiger charge is 2.21. The van der Waals surface area contributed by atoms with Crippen molar-refractivity contribution in [3.63, 3.8) is 0 Å². The number of ether oxygens (including phenoxy) is 1. The van der Waals surface area contributed by atoms with Crippen LogP contribution in [0.4, 0.5) is 11.4 Å². The molecule has 4 heterocycles. The minimum absolute atomic E-state index is 0.0972. The Labute approximate surface area is 213 Å². The van der Waals surface area contributed by atoms with Gasteiger partial charge in [-0.1, -0.05) is 12.1 Å². The third kappa shape index (κ3) is 4.50. The molecule has 1 aliphatic heterocycles. The van der Waals surface area contributed by atoms with Crippen LogP contribution in [0.1, 0.15) is 16.1 Å². The first-order chi connectivity index (χ1) is 18.1. The Balaban J connectivity index is 1.46. The number of fused-ring (bicyclic) bond motifs is 2. The molecule has 5 aromatic rings. The van der Waals surface area contributed by atoms with Gasteiger partial charge in [-0.3, -0.25) is 19.7 Å². The van der Waals surface area contributed by atoms with Crippen molar-refractivity contribution in [1.82, 2.24) is 24.8 Å². The van der Waals surface area contributed by atoms with Crippen molar-refractivity contribution in [2.75, 3.05) is 25.1 Å². The number of morpholine rings is 1. The number of primary amides is 1. The van der Waals surface area contributed by atoms with Gasteiger partial charge in [-0.05, 0) is 41.3 Å². The van der Waals surface area contributed by atoms with E-state index in [0.29, 0.717) is 30.9 Å². The summed E-state index contributed by atoms with van der Waals surface area (Å²) in [5.74, 6) is -0.519. The summed E-state index contributed by atoms with van der Waals surface area (Å²) in [7, 11) is 2.03. The van der Waals surface area contributed by atoms with Crippen LogP contribution in [-0.2, 0) is 18.2 Å². The molecular weight excluding hydrogens is 466 g/mol. The second-order valence-corrected chi connectivity index (χ2v) is 9.25. The number of nitrogens with one attached hydrogen (secondary N) is 2. The molecule has 4 N–H and O–H groups in total. The van der Waals surface area contributed by atoms with Gasteiger partial charge in [-0.15, -0.1) is 0 Å². The molecule has 186 valence electrons. The number of hydrogen-bond donors (Lipinski definition) is 3. The minimum atomic E-state index is -0.519. The van der Waals surface area contributed by atoms with E-state index in [-0.39, 0.29) is 6.04 Å². The molecule has 1 amide bonds. The normalized spacial score (nSPS) is 15.8. The number of nitrogens with zero attached hydrogens (tertiary/aromatic N) is 4. The lowest BCUT2D eigenvalue weighted by molar-refractivity contribution is 0.0767. The van der Waals surface area contributed by atoms with E-state index in [1.165, 1.54) is 5.39 Å². The number of aromatic nitrogens is 4. The molecule has 1 unspecified atom stereocenters. The Morgan fingerprint density at radius 1 is 1.14 bits per heavy atom. The van der Waals surface area contributed by atoms with Crippen LogP contribution in [0.15, 0.2) is 67.3 Å². The first-order valence-electron chi connectivity index (χ1n) is 12.2. The summed E-state index contributed by atoms with van der Waals surface area (Å²) >= 11 is 0. The zero-order chi connectivity index (χ0) is 25.4. The largest absolute Gasteiger partial charge is 0.379 e. The topological polar surface area (TPSA) is 120 Å². The molecule has 0 aliphatic carbocycles. The lowest BCUT2D eigenvalue weighted by atomic mass is 10.0. The smallest absolute Gasteiger partial charge is 0.250 e. The average molecular weight is 494 g/mol. The van der Waals surface area contributed by atoms with E-state index in [2.05, 4.69) is 54.4 Å². The van der Waals surface area contributed by atoms with E-state index in [4.69, 9.17) is 10.5 Å². The number of nitrogens with two attached hydrogens (primary N) is 1. The van der Waals surface area contributed by atoms with Gasteiger partial charge >= 0.3 is 0 Å². The van der Waals surface area contributed by atoms with E-state index in [1.54, 1.807) is 24.7 Å². The fourth-order valence-corrected chi connectivity index (χ4v) is 4.93. The van der Waals surface area contributed by atoms with Gasteiger partial charge in [0.25, 0.3) is 5.91 Å². The maximum atomic E-state index is 12.4. The molecule has 1 fully saturated rings. The summed E-state index contributed by atoms with van der Waals surface area (Å²) in [6, 6.07) is 14.1. The molecule has 6 rings (SSSR count). The molecule has 9 heteroatoms. The number of hydrogen-bond acceptors (Lipinski definition) is 7. The monoisotopic (exact) mass is 493 g/mol. The molecule has 2 aromatic carbocycles. The van der Waals surface area contributed by atoms with Crippen molar-refractivity contribution in [3.8, 4) is 11.1 Å². The predicted octanol–water partition coefficient (Wildman–Crippen LogP) is 3.56. The number of pyridine rings is 1. The van der Waals surface area contributed by atoms with Crippen molar-refractivity contribution in [2.45, 2.75) is 12.5 Å². The second-order valence-electron chi connectivity index (χ2n) is 9.25. The molecule has 9 nitrogen and oxygen atoms in total. The van der Waals surface area contributed by atoms with Crippen molar-refractivity contribution >= 4 is 39.2 Å². The zero-order valence-corrected chi connectivity index (χ0v) is 20.4. The molecule has 3 aromatic heterocycles. The maximum absolute atomic E-state index is 12.4. The van der Waals surface area contributed by atoms with Crippen LogP contribution in [0.5, 0.6) is 0 Å². The van der Waals surface area contributed by atoms with Crippen LogP contribution in [0.3, 0.4) is 0 Å². The lowest BCUT2D eigenvalue weighted by Crippen LogP contribution is -2.42. The summed E-state index contributed by atoms with van der Waals surface area (Å²) in [5.41, 5.74) is 12.9. The van der Waals surface area contributed by atoms with Gasteiger partial charge in [0.2, 0.25) is 0 Å². The van der Waals surface area contributed by atoms with Crippen molar-refractivity contribution < 1.29 is 9.53 Å². The molecule has 1 atom stereocenters. The number of carbonyl (C=O) groups excluding carboxylic acids is 1. The predicted molar refractivity (Wildman–Crippen MR) is 144 cm³/mol. The Morgan fingerprint density at radius 2 is 2.03 bits per heavy atom. The highest BCUT2D eigenvalue weighted by Crippen LogP contribution is 2.34. The van der Waals surface area contributed by atoms with Gasteiger partial charge in [-0.2, -0.15) is 0 Å². The summed E-state index contributed by atoms with van der Waals surface area (Å²) in [6.45, 7) is 2.05. The Hall–Kier alpha value is -4.34. The highest BCUT2D eigenvalue weighted by atomic mass is 16.5. The molecule has 1 aliphatic rings. The zero-order valence-electron chi connectivity index (χ0n) is 20.4. The van der Waals surface area contributed by atoms with Gasteiger partial charge < -0.3 is 25.7 Å². The molecule has 0 saturated carbocycles. The van der Waals surface area contributed by atoms with E-state index >= 15 is 0 Å². The second kappa shape index (κ2) is 9.61. The van der Waals surface area contributed by atoms with Gasteiger partial charge in [0.1, 0.15) is 0 Å². The maximum Gasteiger partial charge on any atom is 0.250 e. The van der Waals surface area contributed by atoms with E-state index in [1.807, 2.05) is 25.4 Å². The number of aryl methyl sites for hydroxylation is 1. The molecule has 0 radical (unpaired) electrons. The van der Waals surface area contributed by atoms with Crippen LogP contribution in [-0.4, -0.2) is 51.2 Å². The quantitative estimate of drug-likeness (QED) is 0.331. The Bertz CT molecular complexity index is 1620. The number of rotatable bonds is 6. The highest BCUT2D eigenvalue weighted by molar-refractivity contribution is 6.01. The van der Waals surface area contributed by atoms with Crippen molar-refractivity contribution in [1.29, 1.82) is 0 Å². The Kier molecular flexibility index (Phi) is 5.99. The first kappa shape index (κ1) is 23.1. The van der Waals surface area contributed by atoms with Crippen molar-refractivity contribution in [2.24, 2.45) is 12.8 Å². The lowest BCUT2D eigenvalue weighted by Gasteiger charge is -2.25. The van der Waals surface area contributed by atoms with Crippen LogP contribution < -0.4 is 16.4 Å². The number of anilines is 2. The van der Waals surface area contributed by atoms with Gasteiger partial charge in [0.05, 0.1) is 41.2 Å². The Morgan fingerprint density at radius 3 is 2.86 bits per heavy atom. The number of carbonyl (C=O) groups is 1. The van der Waals surface area contributed by atoms with Crippen molar-refractivity contribution in [3.05, 3.63) is 78.5 Å². The van der Waals surface area contributed by atoms with Crippen LogP contribution in [0.2, 0.25) is 0 Å². The fraction of sp³-hybridized carbons (Fsp3) is 0.214. The molecule has 0 bridgehead atoms.